The predicted molar refractivity (Wildman–Crippen MR) is 60.0 cm³/mol. The van der Waals surface area contributed by atoms with Crippen molar-refractivity contribution in [2.24, 2.45) is 0 Å². The Kier molecular flexibility index (Phi) is 2.97. The molecular formula is C12H9ClFNO. The number of hydrogen-bond acceptors (Lipinski definition) is 2. The summed E-state index contributed by atoms with van der Waals surface area (Å²) in [6.07, 6.45) is 1.67. The molecule has 0 N–H and O–H groups in total. The summed E-state index contributed by atoms with van der Waals surface area (Å²) in [4.78, 5) is 3.74. The molecule has 0 bridgehead atoms. The van der Waals surface area contributed by atoms with Gasteiger partial charge in [-0.25, -0.2) is 4.39 Å². The molecule has 82 valence electrons. The second-order valence-electron chi connectivity index (χ2n) is 3.16. The van der Waals surface area contributed by atoms with Crippen molar-refractivity contribution in [2.75, 3.05) is 0 Å². The smallest absolute Gasteiger partial charge is 0.166 e. The highest BCUT2D eigenvalue weighted by molar-refractivity contribution is 6.30. The fraction of sp³-hybridized carbons (Fsp3) is 0.0833. The van der Waals surface area contributed by atoms with Crippen LogP contribution in [0.15, 0.2) is 42.7 Å². The highest BCUT2D eigenvalue weighted by Crippen LogP contribution is 2.21. The van der Waals surface area contributed by atoms with Crippen molar-refractivity contribution in [3.63, 3.8) is 0 Å². The quantitative estimate of drug-likeness (QED) is 0.817. The van der Waals surface area contributed by atoms with Gasteiger partial charge >= 0.3 is 0 Å². The second-order valence-corrected chi connectivity index (χ2v) is 3.59. The van der Waals surface area contributed by atoms with Crippen LogP contribution < -0.4 is 4.74 Å². The Morgan fingerprint density at radius 2 is 2.25 bits per heavy atom. The molecule has 2 aromatic rings. The number of ether oxygens (including phenoxy) is 1. The first-order valence-electron chi connectivity index (χ1n) is 5.14. The van der Waals surface area contributed by atoms with Crippen LogP contribution in [-0.2, 0) is 6.61 Å². The third-order valence-corrected chi connectivity index (χ3v) is 2.21. The number of hydrogen-bond donors (Lipinski definition) is 0. The molecule has 0 saturated heterocycles. The third-order valence-electron chi connectivity index (χ3n) is 1.98. The van der Waals surface area contributed by atoms with Gasteiger partial charge in [0.1, 0.15) is 6.61 Å². The lowest BCUT2D eigenvalue weighted by molar-refractivity contribution is 0.290. The van der Waals surface area contributed by atoms with Crippen molar-refractivity contribution < 1.29 is 10.5 Å². The molecule has 0 aliphatic rings. The Morgan fingerprint density at radius 3 is 3.00 bits per heavy atom. The van der Waals surface area contributed by atoms with Gasteiger partial charge in [0.25, 0.3) is 0 Å². The molecule has 0 radical (unpaired) electrons. The van der Waals surface area contributed by atoms with Crippen LogP contribution in [0.1, 0.15) is 6.93 Å². The average Bonchev–Trinajstić information content (AvgIpc) is 2.28. The first kappa shape index (κ1) is 9.60. The summed E-state index contributed by atoms with van der Waals surface area (Å²) >= 11 is 5.63. The van der Waals surface area contributed by atoms with Gasteiger partial charge in [0.15, 0.2) is 11.6 Å². The highest BCUT2D eigenvalue weighted by atomic mass is 35.5. The monoisotopic (exact) mass is 238 g/mol. The average molecular weight is 239 g/mol. The molecule has 0 aliphatic heterocycles. The van der Waals surface area contributed by atoms with E-state index in [9.17, 15) is 4.39 Å². The molecule has 0 amide bonds. The molecule has 0 fully saturated rings. The molecular weight excluding hydrogens is 229 g/mol. The van der Waals surface area contributed by atoms with Crippen LogP contribution in [-0.4, -0.2) is 4.98 Å². The SMILES string of the molecule is [2H]c1cc(COc2ccc(Cl)cc2F)ccn1. The maximum absolute atomic E-state index is 13.4. The summed E-state index contributed by atoms with van der Waals surface area (Å²) in [5.74, 6) is -0.365. The van der Waals surface area contributed by atoms with Gasteiger partial charge in [-0.15, -0.1) is 0 Å². The fourth-order valence-corrected chi connectivity index (χ4v) is 1.35. The van der Waals surface area contributed by atoms with Crippen LogP contribution in [0.3, 0.4) is 0 Å². The number of pyridine rings is 1. The van der Waals surface area contributed by atoms with Gasteiger partial charge in [0, 0.05) is 17.4 Å². The zero-order valence-electron chi connectivity index (χ0n) is 9.28. The van der Waals surface area contributed by atoms with E-state index in [4.69, 9.17) is 17.7 Å². The Bertz CT molecular complexity index is 536. The van der Waals surface area contributed by atoms with Crippen LogP contribution in [0.25, 0.3) is 0 Å². The molecule has 1 heterocycles. The minimum atomic E-state index is -0.502. The Balaban J connectivity index is 2.07. The third kappa shape index (κ3) is 2.70. The van der Waals surface area contributed by atoms with Gasteiger partial charge in [-0.2, -0.15) is 0 Å². The predicted octanol–water partition coefficient (Wildman–Crippen LogP) is 3.45. The van der Waals surface area contributed by atoms with E-state index in [0.29, 0.717) is 5.02 Å². The van der Waals surface area contributed by atoms with Gasteiger partial charge in [-0.3, -0.25) is 4.98 Å². The standard InChI is InChI=1S/C12H9ClFNO/c13-10-1-2-12(11(14)7-10)16-8-9-3-5-15-6-4-9/h1-7H,8H2/i5D. The maximum atomic E-state index is 13.4. The van der Waals surface area contributed by atoms with Crippen molar-refractivity contribution >= 4 is 11.6 Å². The number of aromatic nitrogens is 1. The van der Waals surface area contributed by atoms with E-state index in [1.54, 1.807) is 18.2 Å². The molecule has 0 spiro atoms. The minimum Gasteiger partial charge on any atom is -0.486 e. The zero-order valence-corrected chi connectivity index (χ0v) is 9.04. The topological polar surface area (TPSA) is 22.1 Å². The van der Waals surface area contributed by atoms with E-state index in [0.717, 1.165) is 5.56 Å². The van der Waals surface area contributed by atoms with Gasteiger partial charge in [-0.1, -0.05) is 11.6 Å². The Morgan fingerprint density at radius 1 is 1.38 bits per heavy atom. The van der Waals surface area contributed by atoms with Crippen molar-refractivity contribution in [1.82, 2.24) is 4.98 Å². The van der Waals surface area contributed by atoms with Gasteiger partial charge in [-0.05, 0) is 35.9 Å². The van der Waals surface area contributed by atoms with E-state index in [2.05, 4.69) is 4.98 Å². The van der Waals surface area contributed by atoms with E-state index in [1.165, 1.54) is 18.3 Å². The van der Waals surface area contributed by atoms with Crippen molar-refractivity contribution in [1.29, 1.82) is 0 Å². The lowest BCUT2D eigenvalue weighted by Crippen LogP contribution is -1.97. The molecule has 0 saturated carbocycles. The zero-order chi connectivity index (χ0) is 12.3. The van der Waals surface area contributed by atoms with Crippen LogP contribution >= 0.6 is 11.6 Å². The van der Waals surface area contributed by atoms with Crippen LogP contribution in [0, 0.1) is 5.82 Å². The van der Waals surface area contributed by atoms with Crippen molar-refractivity contribution in [2.45, 2.75) is 6.61 Å². The Hall–Kier alpha value is -1.61. The van der Waals surface area contributed by atoms with Crippen LogP contribution in [0.2, 0.25) is 5.02 Å². The Labute approximate surface area is 99.1 Å². The number of benzene rings is 1. The van der Waals surface area contributed by atoms with Crippen molar-refractivity contribution in [3.8, 4) is 5.75 Å². The van der Waals surface area contributed by atoms with E-state index < -0.39 is 5.82 Å². The normalized spacial score (nSPS) is 11.0. The first-order valence-corrected chi connectivity index (χ1v) is 5.02. The summed E-state index contributed by atoms with van der Waals surface area (Å²) in [7, 11) is 0. The molecule has 16 heavy (non-hydrogen) atoms. The first-order chi connectivity index (χ1) is 8.15. The molecule has 1 aromatic heterocycles. The summed E-state index contributed by atoms with van der Waals surface area (Å²) in [5.41, 5.74) is 0.763. The maximum Gasteiger partial charge on any atom is 0.166 e. The number of rotatable bonds is 3. The van der Waals surface area contributed by atoms with Gasteiger partial charge < -0.3 is 4.74 Å². The van der Waals surface area contributed by atoms with E-state index >= 15 is 0 Å². The molecule has 2 rings (SSSR count). The molecule has 4 heteroatoms. The lowest BCUT2D eigenvalue weighted by Gasteiger charge is -2.06. The fourth-order valence-electron chi connectivity index (χ4n) is 1.19. The summed E-state index contributed by atoms with van der Waals surface area (Å²) in [6, 6.07) is 7.50. The van der Waals surface area contributed by atoms with Gasteiger partial charge in [0.2, 0.25) is 0 Å². The number of halogens is 2. The second kappa shape index (κ2) is 4.94. The lowest BCUT2D eigenvalue weighted by atomic mass is 10.3. The molecule has 0 unspecified atom stereocenters. The summed E-state index contributed by atoms with van der Waals surface area (Å²) in [5, 5.41) is 0.326. The number of nitrogens with zero attached hydrogens (tertiary/aromatic N) is 1. The van der Waals surface area contributed by atoms with Crippen molar-refractivity contribution in [3.05, 3.63) is 59.1 Å². The van der Waals surface area contributed by atoms with Crippen LogP contribution in [0.4, 0.5) is 4.39 Å². The summed E-state index contributed by atoms with van der Waals surface area (Å²) < 4.78 is 26.0. The molecule has 0 aliphatic carbocycles. The van der Waals surface area contributed by atoms with Crippen LogP contribution in [0.5, 0.6) is 5.75 Å². The molecule has 2 nitrogen and oxygen atoms in total. The largest absolute Gasteiger partial charge is 0.486 e. The van der Waals surface area contributed by atoms with Gasteiger partial charge in [0.05, 0.1) is 1.37 Å². The molecule has 0 atom stereocenters. The minimum absolute atomic E-state index is 0.137. The van der Waals surface area contributed by atoms with E-state index in [-0.39, 0.29) is 18.5 Å². The van der Waals surface area contributed by atoms with E-state index in [1.807, 2.05) is 0 Å². The highest BCUT2D eigenvalue weighted by Gasteiger charge is 2.03. The molecule has 1 aromatic carbocycles. The summed E-state index contributed by atoms with van der Waals surface area (Å²) in [6.45, 7) is 0.187.